The largest absolute Gasteiger partial charge is 0.239 e. The van der Waals surface area contributed by atoms with Crippen LogP contribution in [0, 0.1) is 6.92 Å². The molecule has 0 amide bonds. The number of hydrogen-bond donors (Lipinski definition) is 0. The minimum absolute atomic E-state index is 0.728. The molecule has 0 saturated carbocycles. The van der Waals surface area contributed by atoms with E-state index >= 15 is 0 Å². The van der Waals surface area contributed by atoms with Crippen LogP contribution >= 0.6 is 0 Å². The Bertz CT molecular complexity index is 657. The highest BCUT2D eigenvalue weighted by Gasteiger charge is 2.23. The van der Waals surface area contributed by atoms with Gasteiger partial charge in [-0.1, -0.05) is 61.9 Å². The van der Waals surface area contributed by atoms with Gasteiger partial charge in [0.15, 0.2) is 0 Å². The van der Waals surface area contributed by atoms with Gasteiger partial charge in [-0.25, -0.2) is 4.39 Å². The van der Waals surface area contributed by atoms with Crippen molar-refractivity contribution in [2.24, 2.45) is 0 Å². The lowest BCUT2D eigenvalue weighted by molar-refractivity contribution is 0.222. The van der Waals surface area contributed by atoms with Crippen LogP contribution in [0.2, 0.25) is 0 Å². The number of halogens is 1. The van der Waals surface area contributed by atoms with Crippen molar-refractivity contribution in [3.8, 4) is 11.1 Å². The van der Waals surface area contributed by atoms with E-state index in [1.54, 1.807) is 13.8 Å². The smallest absolute Gasteiger partial charge is 0.131 e. The van der Waals surface area contributed by atoms with Gasteiger partial charge in [-0.05, 0) is 61.1 Å². The van der Waals surface area contributed by atoms with Crippen molar-refractivity contribution in [1.29, 1.82) is 0 Å². The molecule has 0 unspecified atom stereocenters. The molecule has 0 aliphatic carbocycles. The zero-order chi connectivity index (χ0) is 16.3. The Kier molecular flexibility index (Phi) is 4.85. The van der Waals surface area contributed by atoms with E-state index in [1.807, 2.05) is 12.1 Å². The standard InChI is InChI=1S/C21H25F/c1-6-7-16(3)18-12-13-19(20(14-18)21(4,5)22)17-10-8-15(2)9-11-17/h8-14H,3,6-7H2,1-2,4-5H3. The van der Waals surface area contributed by atoms with Crippen LogP contribution in [0.4, 0.5) is 4.39 Å². The molecule has 0 aromatic heterocycles. The summed E-state index contributed by atoms with van der Waals surface area (Å²) < 4.78 is 14.7. The predicted molar refractivity (Wildman–Crippen MR) is 94.7 cm³/mol. The van der Waals surface area contributed by atoms with E-state index in [1.165, 1.54) is 5.56 Å². The topological polar surface area (TPSA) is 0 Å². The van der Waals surface area contributed by atoms with Crippen molar-refractivity contribution in [3.05, 3.63) is 65.7 Å². The number of benzene rings is 2. The van der Waals surface area contributed by atoms with Gasteiger partial charge in [-0.15, -0.1) is 0 Å². The zero-order valence-electron chi connectivity index (χ0n) is 14.0. The molecular weight excluding hydrogens is 271 g/mol. The van der Waals surface area contributed by atoms with Gasteiger partial charge in [0.25, 0.3) is 0 Å². The fourth-order valence-corrected chi connectivity index (χ4v) is 2.69. The third-order valence-electron chi connectivity index (χ3n) is 3.98. The Labute approximate surface area is 133 Å². The van der Waals surface area contributed by atoms with Crippen molar-refractivity contribution in [3.63, 3.8) is 0 Å². The highest BCUT2D eigenvalue weighted by atomic mass is 19.1. The first kappa shape index (κ1) is 16.5. The van der Waals surface area contributed by atoms with Crippen LogP contribution in [0.5, 0.6) is 0 Å². The third-order valence-corrected chi connectivity index (χ3v) is 3.98. The minimum Gasteiger partial charge on any atom is -0.239 e. The number of allylic oxidation sites excluding steroid dienone is 1. The van der Waals surface area contributed by atoms with Gasteiger partial charge < -0.3 is 0 Å². The van der Waals surface area contributed by atoms with Gasteiger partial charge in [-0.2, -0.15) is 0 Å². The van der Waals surface area contributed by atoms with Crippen molar-refractivity contribution in [2.45, 2.75) is 46.2 Å². The molecule has 2 aromatic rings. The van der Waals surface area contributed by atoms with E-state index in [0.717, 1.165) is 40.7 Å². The fourth-order valence-electron chi connectivity index (χ4n) is 2.69. The number of alkyl halides is 1. The molecule has 22 heavy (non-hydrogen) atoms. The van der Waals surface area contributed by atoms with E-state index in [4.69, 9.17) is 0 Å². The summed E-state index contributed by atoms with van der Waals surface area (Å²) in [5, 5.41) is 0. The molecule has 0 radical (unpaired) electrons. The summed E-state index contributed by atoms with van der Waals surface area (Å²) in [4.78, 5) is 0. The van der Waals surface area contributed by atoms with Gasteiger partial charge in [0.05, 0.1) is 0 Å². The summed E-state index contributed by atoms with van der Waals surface area (Å²) in [6, 6.07) is 14.3. The molecule has 0 saturated heterocycles. The second kappa shape index (κ2) is 6.48. The molecule has 0 atom stereocenters. The first-order valence-electron chi connectivity index (χ1n) is 7.91. The molecule has 0 nitrogen and oxygen atoms in total. The molecule has 0 aliphatic heterocycles. The Balaban J connectivity index is 2.55. The van der Waals surface area contributed by atoms with E-state index < -0.39 is 5.67 Å². The molecule has 2 aromatic carbocycles. The van der Waals surface area contributed by atoms with Gasteiger partial charge in [0, 0.05) is 0 Å². The molecular formula is C21H25F. The maximum atomic E-state index is 14.7. The minimum atomic E-state index is -1.39. The first-order chi connectivity index (χ1) is 10.3. The van der Waals surface area contributed by atoms with E-state index in [2.05, 4.69) is 50.8 Å². The van der Waals surface area contributed by atoms with Gasteiger partial charge >= 0.3 is 0 Å². The summed E-state index contributed by atoms with van der Waals surface area (Å²) in [6.07, 6.45) is 1.99. The molecule has 0 N–H and O–H groups in total. The summed E-state index contributed by atoms with van der Waals surface area (Å²) in [7, 11) is 0. The Morgan fingerprint density at radius 2 is 1.73 bits per heavy atom. The molecule has 0 aliphatic rings. The molecule has 0 heterocycles. The number of hydrogen-bond acceptors (Lipinski definition) is 0. The molecule has 0 fully saturated rings. The molecule has 2 rings (SSSR count). The monoisotopic (exact) mass is 296 g/mol. The molecule has 1 heteroatoms. The second-order valence-corrected chi connectivity index (χ2v) is 6.45. The third kappa shape index (κ3) is 3.65. The van der Waals surface area contributed by atoms with Crippen molar-refractivity contribution in [1.82, 2.24) is 0 Å². The quantitative estimate of drug-likeness (QED) is 0.577. The van der Waals surface area contributed by atoms with E-state index in [0.29, 0.717) is 0 Å². The van der Waals surface area contributed by atoms with Crippen molar-refractivity contribution < 1.29 is 4.39 Å². The Morgan fingerprint density at radius 1 is 1.09 bits per heavy atom. The summed E-state index contributed by atoms with van der Waals surface area (Å²) in [6.45, 7) is 11.6. The second-order valence-electron chi connectivity index (χ2n) is 6.45. The number of aryl methyl sites for hydroxylation is 1. The van der Waals surface area contributed by atoms with Gasteiger partial charge in [0.1, 0.15) is 5.67 Å². The Hall–Kier alpha value is -1.89. The first-order valence-corrected chi connectivity index (χ1v) is 7.91. The van der Waals surface area contributed by atoms with Crippen molar-refractivity contribution in [2.75, 3.05) is 0 Å². The highest BCUT2D eigenvalue weighted by molar-refractivity contribution is 5.73. The molecule has 116 valence electrons. The highest BCUT2D eigenvalue weighted by Crippen LogP contribution is 2.36. The Morgan fingerprint density at radius 3 is 2.27 bits per heavy atom. The normalized spacial score (nSPS) is 11.5. The SMILES string of the molecule is C=C(CCC)c1ccc(-c2ccc(C)cc2)c(C(C)(C)F)c1. The van der Waals surface area contributed by atoms with Crippen LogP contribution in [-0.4, -0.2) is 0 Å². The summed E-state index contributed by atoms with van der Waals surface area (Å²) >= 11 is 0. The van der Waals surface area contributed by atoms with E-state index in [-0.39, 0.29) is 0 Å². The lowest BCUT2D eigenvalue weighted by Crippen LogP contribution is -2.11. The summed E-state index contributed by atoms with van der Waals surface area (Å²) in [5.74, 6) is 0. The predicted octanol–water partition coefficient (Wildman–Crippen LogP) is 6.68. The maximum Gasteiger partial charge on any atom is 0.131 e. The number of rotatable bonds is 5. The fraction of sp³-hybridized carbons (Fsp3) is 0.333. The maximum absolute atomic E-state index is 14.7. The van der Waals surface area contributed by atoms with Gasteiger partial charge in [-0.3, -0.25) is 0 Å². The van der Waals surface area contributed by atoms with Crippen LogP contribution in [-0.2, 0) is 5.67 Å². The van der Waals surface area contributed by atoms with Crippen LogP contribution in [0.15, 0.2) is 49.0 Å². The van der Waals surface area contributed by atoms with Crippen molar-refractivity contribution >= 4 is 5.57 Å². The molecule has 0 spiro atoms. The lowest BCUT2D eigenvalue weighted by Gasteiger charge is -2.21. The summed E-state index contributed by atoms with van der Waals surface area (Å²) in [5.41, 5.74) is 4.67. The van der Waals surface area contributed by atoms with E-state index in [9.17, 15) is 4.39 Å². The van der Waals surface area contributed by atoms with Crippen LogP contribution in [0.25, 0.3) is 16.7 Å². The molecule has 0 bridgehead atoms. The zero-order valence-corrected chi connectivity index (χ0v) is 14.0. The van der Waals surface area contributed by atoms with Crippen LogP contribution in [0.3, 0.4) is 0 Å². The lowest BCUT2D eigenvalue weighted by atomic mass is 9.87. The van der Waals surface area contributed by atoms with Crippen LogP contribution in [0.1, 0.15) is 50.3 Å². The van der Waals surface area contributed by atoms with Crippen LogP contribution < -0.4 is 0 Å². The average Bonchev–Trinajstić information content (AvgIpc) is 2.47. The average molecular weight is 296 g/mol. The van der Waals surface area contributed by atoms with Gasteiger partial charge in [0.2, 0.25) is 0 Å².